The molecule has 0 atom stereocenters. The van der Waals surface area contributed by atoms with E-state index in [0.29, 0.717) is 0 Å². The van der Waals surface area contributed by atoms with Gasteiger partial charge in [0.1, 0.15) is 0 Å². The Morgan fingerprint density at radius 3 is 2.38 bits per heavy atom. The molecule has 0 aromatic carbocycles. The van der Waals surface area contributed by atoms with Gasteiger partial charge in [0.05, 0.1) is 0 Å². The van der Waals surface area contributed by atoms with Crippen molar-refractivity contribution in [1.82, 2.24) is 0 Å². The molecule has 0 unspecified atom stereocenters. The zero-order valence-corrected chi connectivity index (χ0v) is 5.33. The van der Waals surface area contributed by atoms with Crippen LogP contribution >= 0.6 is 0 Å². The fraction of sp³-hybridized carbons (Fsp3) is 0.286. The van der Waals surface area contributed by atoms with Crippen LogP contribution in [0.25, 0.3) is 0 Å². The van der Waals surface area contributed by atoms with Crippen LogP contribution in [0.15, 0.2) is 29.3 Å². The summed E-state index contributed by atoms with van der Waals surface area (Å²) in [5.74, 6) is 0. The van der Waals surface area contributed by atoms with E-state index in [-0.39, 0.29) is 0 Å². The molecular formula is C7H11N. The van der Waals surface area contributed by atoms with Gasteiger partial charge < -0.3 is 0 Å². The number of hydrogen-bond acceptors (Lipinski definition) is 1. The summed E-state index contributed by atoms with van der Waals surface area (Å²) in [4.78, 5) is 3.76. The highest BCUT2D eigenvalue weighted by atomic mass is 14.6. The number of aliphatic imine (C=N–C) groups is 1. The quantitative estimate of drug-likeness (QED) is 0.379. The molecule has 44 valence electrons. The molecule has 0 N–H and O–H groups in total. The molecule has 8 heavy (non-hydrogen) atoms. The minimum Gasteiger partial charge on any atom is -0.297 e. The van der Waals surface area contributed by atoms with E-state index in [0.717, 1.165) is 0 Å². The standard InChI is InChI=1S/C7H11N/c1-3-4-5-6-7-8-2/h3-7H,1-2H3/b4-3+,6-5-,8-7+. The molecule has 0 aliphatic carbocycles. The number of nitrogens with zero attached hydrogens (tertiary/aromatic N) is 1. The first-order valence-corrected chi connectivity index (χ1v) is 2.62. The normalized spacial score (nSPS) is 12.8. The minimum atomic E-state index is 1.75. The molecule has 0 saturated carbocycles. The van der Waals surface area contributed by atoms with Crippen molar-refractivity contribution in [3.8, 4) is 0 Å². The molecule has 1 nitrogen and oxygen atoms in total. The van der Waals surface area contributed by atoms with E-state index in [1.807, 2.05) is 31.2 Å². The van der Waals surface area contributed by atoms with Crippen LogP contribution in [-0.2, 0) is 0 Å². The SMILES string of the molecule is C/C=C/C=C\C=N\C. The minimum absolute atomic E-state index is 1.75. The Morgan fingerprint density at radius 1 is 1.12 bits per heavy atom. The Balaban J connectivity index is 3.35. The van der Waals surface area contributed by atoms with Crippen molar-refractivity contribution in [2.45, 2.75) is 6.92 Å². The van der Waals surface area contributed by atoms with Gasteiger partial charge in [-0.1, -0.05) is 18.2 Å². The molecule has 0 saturated heterocycles. The maximum atomic E-state index is 3.76. The lowest BCUT2D eigenvalue weighted by Crippen LogP contribution is -1.58. The van der Waals surface area contributed by atoms with Crippen LogP contribution in [0.1, 0.15) is 6.92 Å². The second kappa shape index (κ2) is 6.15. The van der Waals surface area contributed by atoms with E-state index in [1.54, 1.807) is 13.3 Å². The molecule has 0 heterocycles. The van der Waals surface area contributed by atoms with Gasteiger partial charge in [-0.05, 0) is 13.0 Å². The average molecular weight is 109 g/mol. The van der Waals surface area contributed by atoms with E-state index in [2.05, 4.69) is 4.99 Å². The third-order valence-corrected chi connectivity index (χ3v) is 0.650. The molecule has 0 aromatic heterocycles. The molecule has 0 radical (unpaired) electrons. The molecule has 0 aliphatic rings. The lowest BCUT2D eigenvalue weighted by atomic mass is 10.4. The number of hydrogen-bond donors (Lipinski definition) is 0. The largest absolute Gasteiger partial charge is 0.297 e. The first kappa shape index (κ1) is 7.15. The van der Waals surface area contributed by atoms with Gasteiger partial charge in [-0.15, -0.1) is 0 Å². The maximum Gasteiger partial charge on any atom is 0.0277 e. The molecule has 0 amide bonds. The number of allylic oxidation sites excluding steroid dienone is 4. The maximum absolute atomic E-state index is 3.76. The summed E-state index contributed by atoms with van der Waals surface area (Å²) in [5.41, 5.74) is 0. The summed E-state index contributed by atoms with van der Waals surface area (Å²) >= 11 is 0. The third-order valence-electron chi connectivity index (χ3n) is 0.650. The van der Waals surface area contributed by atoms with E-state index in [4.69, 9.17) is 0 Å². The van der Waals surface area contributed by atoms with Gasteiger partial charge >= 0.3 is 0 Å². The summed E-state index contributed by atoms with van der Waals surface area (Å²) in [7, 11) is 1.75. The molecule has 0 fully saturated rings. The fourth-order valence-electron chi connectivity index (χ4n) is 0.311. The zero-order valence-electron chi connectivity index (χ0n) is 5.33. The molecule has 0 rings (SSSR count). The second-order valence-electron chi connectivity index (χ2n) is 1.32. The summed E-state index contributed by atoms with van der Waals surface area (Å²) in [6, 6.07) is 0. The van der Waals surface area contributed by atoms with Gasteiger partial charge in [0.2, 0.25) is 0 Å². The predicted octanol–water partition coefficient (Wildman–Crippen LogP) is 1.82. The molecule has 0 aliphatic heterocycles. The van der Waals surface area contributed by atoms with Gasteiger partial charge in [0, 0.05) is 13.3 Å². The highest BCUT2D eigenvalue weighted by Gasteiger charge is 1.55. The van der Waals surface area contributed by atoms with E-state index >= 15 is 0 Å². The van der Waals surface area contributed by atoms with Gasteiger partial charge in [-0.2, -0.15) is 0 Å². The van der Waals surface area contributed by atoms with Gasteiger partial charge in [-0.3, -0.25) is 4.99 Å². The van der Waals surface area contributed by atoms with E-state index in [1.165, 1.54) is 0 Å². The van der Waals surface area contributed by atoms with Crippen molar-refractivity contribution in [3.63, 3.8) is 0 Å². The first-order valence-electron chi connectivity index (χ1n) is 2.62. The Hall–Kier alpha value is -0.850. The average Bonchev–Trinajstić information content (AvgIpc) is 1.81. The third kappa shape index (κ3) is 5.15. The van der Waals surface area contributed by atoms with Crippen LogP contribution in [-0.4, -0.2) is 13.3 Å². The van der Waals surface area contributed by atoms with Gasteiger partial charge in [-0.25, -0.2) is 0 Å². The first-order chi connectivity index (χ1) is 3.91. The van der Waals surface area contributed by atoms with Crippen molar-refractivity contribution < 1.29 is 0 Å². The number of rotatable bonds is 2. The Kier molecular flexibility index (Phi) is 5.50. The van der Waals surface area contributed by atoms with Crippen molar-refractivity contribution >= 4 is 6.21 Å². The van der Waals surface area contributed by atoms with Crippen molar-refractivity contribution in [2.24, 2.45) is 4.99 Å². The van der Waals surface area contributed by atoms with Gasteiger partial charge in [0.25, 0.3) is 0 Å². The van der Waals surface area contributed by atoms with Crippen molar-refractivity contribution in [3.05, 3.63) is 24.3 Å². The summed E-state index contributed by atoms with van der Waals surface area (Å²) in [5, 5.41) is 0. The van der Waals surface area contributed by atoms with E-state index in [9.17, 15) is 0 Å². The Bertz CT molecular complexity index is 95.6. The molecule has 0 bridgehead atoms. The van der Waals surface area contributed by atoms with Crippen LogP contribution in [0.5, 0.6) is 0 Å². The molecule has 0 spiro atoms. The highest BCUT2D eigenvalue weighted by Crippen LogP contribution is 1.71. The van der Waals surface area contributed by atoms with Crippen LogP contribution in [0.2, 0.25) is 0 Å². The lowest BCUT2D eigenvalue weighted by molar-refractivity contribution is 1.48. The highest BCUT2D eigenvalue weighted by molar-refractivity contribution is 5.71. The summed E-state index contributed by atoms with van der Waals surface area (Å²) in [6.45, 7) is 1.98. The topological polar surface area (TPSA) is 12.4 Å². The second-order valence-corrected chi connectivity index (χ2v) is 1.32. The van der Waals surface area contributed by atoms with Crippen LogP contribution < -0.4 is 0 Å². The summed E-state index contributed by atoms with van der Waals surface area (Å²) in [6.07, 6.45) is 9.51. The molecular weight excluding hydrogens is 98.1 g/mol. The van der Waals surface area contributed by atoms with E-state index < -0.39 is 0 Å². The van der Waals surface area contributed by atoms with Gasteiger partial charge in [0.15, 0.2) is 0 Å². The van der Waals surface area contributed by atoms with Crippen molar-refractivity contribution in [1.29, 1.82) is 0 Å². The zero-order chi connectivity index (χ0) is 6.24. The summed E-state index contributed by atoms with van der Waals surface area (Å²) < 4.78 is 0. The fourth-order valence-corrected chi connectivity index (χ4v) is 0.311. The molecule has 1 heteroatoms. The smallest absolute Gasteiger partial charge is 0.0277 e. The Labute approximate surface area is 50.4 Å². The lowest BCUT2D eigenvalue weighted by Gasteiger charge is -1.68. The van der Waals surface area contributed by atoms with Crippen LogP contribution in [0.3, 0.4) is 0 Å². The van der Waals surface area contributed by atoms with Crippen LogP contribution in [0.4, 0.5) is 0 Å². The molecule has 0 aromatic rings. The van der Waals surface area contributed by atoms with Crippen LogP contribution in [0, 0.1) is 0 Å². The van der Waals surface area contributed by atoms with Crippen molar-refractivity contribution in [2.75, 3.05) is 7.05 Å². The predicted molar refractivity (Wildman–Crippen MR) is 38.4 cm³/mol. The Morgan fingerprint density at radius 2 is 1.88 bits per heavy atom. The monoisotopic (exact) mass is 109 g/mol.